The third kappa shape index (κ3) is 3.45. The van der Waals surface area contributed by atoms with Crippen LogP contribution in [-0.4, -0.2) is 36.7 Å². The van der Waals surface area contributed by atoms with Crippen LogP contribution in [0.4, 0.5) is 5.69 Å². The summed E-state index contributed by atoms with van der Waals surface area (Å²) in [6, 6.07) is 7.98. The summed E-state index contributed by atoms with van der Waals surface area (Å²) in [5, 5.41) is 12.7. The second-order valence-electron chi connectivity index (χ2n) is 4.97. The largest absolute Gasteiger partial charge is 0.392 e. The van der Waals surface area contributed by atoms with Crippen LogP contribution >= 0.6 is 0 Å². The molecule has 1 heterocycles. The molecule has 0 aromatic heterocycles. The lowest BCUT2D eigenvalue weighted by molar-refractivity contribution is 0.217. The molecule has 1 aliphatic rings. The lowest BCUT2D eigenvalue weighted by Crippen LogP contribution is -2.35. The SMILES string of the molecule is CN1CCCC(CNc2ccccc2CO)C1. The molecule has 3 heteroatoms. The minimum Gasteiger partial charge on any atom is -0.392 e. The molecule has 2 N–H and O–H groups in total. The normalized spacial score (nSPS) is 21.4. The molecule has 0 radical (unpaired) electrons. The number of hydrogen-bond donors (Lipinski definition) is 2. The third-order valence-electron chi connectivity index (χ3n) is 3.49. The van der Waals surface area contributed by atoms with Gasteiger partial charge in [0.1, 0.15) is 0 Å². The van der Waals surface area contributed by atoms with Crippen molar-refractivity contribution in [3.63, 3.8) is 0 Å². The zero-order valence-electron chi connectivity index (χ0n) is 10.5. The van der Waals surface area contributed by atoms with Crippen LogP contribution in [0.2, 0.25) is 0 Å². The van der Waals surface area contributed by atoms with Crippen molar-refractivity contribution in [2.75, 3.05) is 32.0 Å². The van der Waals surface area contributed by atoms with Crippen LogP contribution < -0.4 is 5.32 Å². The van der Waals surface area contributed by atoms with Crippen LogP contribution in [0.3, 0.4) is 0 Å². The number of para-hydroxylation sites is 1. The Bertz CT molecular complexity index is 354. The predicted molar refractivity (Wildman–Crippen MR) is 71.1 cm³/mol. The molecule has 1 atom stereocenters. The van der Waals surface area contributed by atoms with Gasteiger partial charge in [-0.25, -0.2) is 0 Å². The molecule has 1 fully saturated rings. The molecule has 94 valence electrons. The van der Waals surface area contributed by atoms with Gasteiger partial charge >= 0.3 is 0 Å². The lowest BCUT2D eigenvalue weighted by Gasteiger charge is -2.30. The zero-order valence-corrected chi connectivity index (χ0v) is 10.5. The number of anilines is 1. The molecule has 0 spiro atoms. The second-order valence-corrected chi connectivity index (χ2v) is 4.97. The Labute approximate surface area is 103 Å². The molecule has 1 aliphatic heterocycles. The molecule has 1 aromatic carbocycles. The van der Waals surface area contributed by atoms with Gasteiger partial charge < -0.3 is 15.3 Å². The van der Waals surface area contributed by atoms with Crippen molar-refractivity contribution in [1.29, 1.82) is 0 Å². The minimum atomic E-state index is 0.105. The van der Waals surface area contributed by atoms with Crippen LogP contribution in [-0.2, 0) is 6.61 Å². The summed E-state index contributed by atoms with van der Waals surface area (Å²) in [6.07, 6.45) is 2.60. The van der Waals surface area contributed by atoms with Crippen molar-refractivity contribution in [3.05, 3.63) is 29.8 Å². The number of rotatable bonds is 4. The molecule has 2 rings (SSSR count). The van der Waals surface area contributed by atoms with Crippen molar-refractivity contribution in [1.82, 2.24) is 4.90 Å². The first-order chi connectivity index (χ1) is 8.29. The first kappa shape index (κ1) is 12.4. The van der Waals surface area contributed by atoms with E-state index in [4.69, 9.17) is 0 Å². The van der Waals surface area contributed by atoms with Crippen molar-refractivity contribution in [2.24, 2.45) is 5.92 Å². The molecule has 0 aliphatic carbocycles. The number of piperidine rings is 1. The molecule has 3 nitrogen and oxygen atoms in total. The molecule has 0 amide bonds. The summed E-state index contributed by atoms with van der Waals surface area (Å²) in [4.78, 5) is 2.40. The highest BCUT2D eigenvalue weighted by molar-refractivity contribution is 5.50. The van der Waals surface area contributed by atoms with E-state index >= 15 is 0 Å². The number of aliphatic hydroxyl groups is 1. The van der Waals surface area contributed by atoms with Gasteiger partial charge in [0.05, 0.1) is 6.61 Å². The first-order valence-electron chi connectivity index (χ1n) is 6.41. The van der Waals surface area contributed by atoms with Crippen LogP contribution in [0.1, 0.15) is 18.4 Å². The van der Waals surface area contributed by atoms with Gasteiger partial charge in [-0.1, -0.05) is 18.2 Å². The van der Waals surface area contributed by atoms with E-state index in [-0.39, 0.29) is 6.61 Å². The minimum absolute atomic E-state index is 0.105. The fraction of sp³-hybridized carbons (Fsp3) is 0.571. The number of nitrogens with one attached hydrogen (secondary N) is 1. The Balaban J connectivity index is 1.88. The molecule has 1 unspecified atom stereocenters. The Morgan fingerprint density at radius 1 is 1.41 bits per heavy atom. The number of aliphatic hydroxyl groups excluding tert-OH is 1. The van der Waals surface area contributed by atoms with Crippen molar-refractivity contribution < 1.29 is 5.11 Å². The summed E-state index contributed by atoms with van der Waals surface area (Å²) in [5.41, 5.74) is 2.06. The number of hydrogen-bond acceptors (Lipinski definition) is 3. The molecule has 1 saturated heterocycles. The predicted octanol–water partition coefficient (Wildman–Crippen LogP) is 1.93. The van der Waals surface area contributed by atoms with Gasteiger partial charge in [-0.05, 0) is 38.4 Å². The highest BCUT2D eigenvalue weighted by Crippen LogP contribution is 2.19. The van der Waals surface area contributed by atoms with Crippen LogP contribution in [0.15, 0.2) is 24.3 Å². The average molecular weight is 234 g/mol. The van der Waals surface area contributed by atoms with Crippen LogP contribution in [0.5, 0.6) is 0 Å². The van der Waals surface area contributed by atoms with Gasteiger partial charge in [0.15, 0.2) is 0 Å². The maximum absolute atomic E-state index is 9.25. The number of benzene rings is 1. The van der Waals surface area contributed by atoms with Crippen LogP contribution in [0.25, 0.3) is 0 Å². The fourth-order valence-corrected chi connectivity index (χ4v) is 2.52. The van der Waals surface area contributed by atoms with E-state index in [1.165, 1.54) is 25.9 Å². The Morgan fingerprint density at radius 3 is 3.00 bits per heavy atom. The maximum atomic E-state index is 9.25. The van der Waals surface area contributed by atoms with E-state index in [0.29, 0.717) is 0 Å². The molecule has 0 bridgehead atoms. The van der Waals surface area contributed by atoms with Gasteiger partial charge in [0.2, 0.25) is 0 Å². The topological polar surface area (TPSA) is 35.5 Å². The summed E-state index contributed by atoms with van der Waals surface area (Å²) in [7, 11) is 2.19. The highest BCUT2D eigenvalue weighted by atomic mass is 16.3. The average Bonchev–Trinajstić information content (AvgIpc) is 2.37. The Morgan fingerprint density at radius 2 is 2.24 bits per heavy atom. The Hall–Kier alpha value is -1.06. The van der Waals surface area contributed by atoms with Crippen molar-refractivity contribution in [2.45, 2.75) is 19.4 Å². The van der Waals surface area contributed by atoms with Crippen LogP contribution in [0, 0.1) is 5.92 Å². The monoisotopic (exact) mass is 234 g/mol. The van der Waals surface area contributed by atoms with Gasteiger partial charge in [0.25, 0.3) is 0 Å². The van der Waals surface area contributed by atoms with Gasteiger partial charge in [0, 0.05) is 24.3 Å². The molecule has 17 heavy (non-hydrogen) atoms. The summed E-state index contributed by atoms with van der Waals surface area (Å²) in [5.74, 6) is 0.723. The molecular weight excluding hydrogens is 212 g/mol. The quantitative estimate of drug-likeness (QED) is 0.835. The standard InChI is InChI=1S/C14H22N2O/c1-16-8-4-5-12(10-16)9-15-14-7-3-2-6-13(14)11-17/h2-3,6-7,12,15,17H,4-5,8-11H2,1H3. The first-order valence-corrected chi connectivity index (χ1v) is 6.41. The van der Waals surface area contributed by atoms with E-state index in [2.05, 4.69) is 17.3 Å². The smallest absolute Gasteiger partial charge is 0.0701 e. The Kier molecular flexibility index (Phi) is 4.40. The molecule has 0 saturated carbocycles. The van der Waals surface area contributed by atoms with E-state index < -0.39 is 0 Å². The van der Waals surface area contributed by atoms with E-state index in [0.717, 1.165) is 23.7 Å². The molecule has 1 aromatic rings. The second kappa shape index (κ2) is 6.03. The van der Waals surface area contributed by atoms with E-state index in [1.807, 2.05) is 24.3 Å². The van der Waals surface area contributed by atoms with E-state index in [9.17, 15) is 5.11 Å². The number of likely N-dealkylation sites (tertiary alicyclic amines) is 1. The summed E-state index contributed by atoms with van der Waals surface area (Å²) < 4.78 is 0. The maximum Gasteiger partial charge on any atom is 0.0701 e. The number of nitrogens with zero attached hydrogens (tertiary/aromatic N) is 1. The van der Waals surface area contributed by atoms with E-state index in [1.54, 1.807) is 0 Å². The third-order valence-corrected chi connectivity index (χ3v) is 3.49. The van der Waals surface area contributed by atoms with Gasteiger partial charge in [-0.15, -0.1) is 0 Å². The zero-order chi connectivity index (χ0) is 12.1. The van der Waals surface area contributed by atoms with Crippen molar-refractivity contribution >= 4 is 5.69 Å². The molecular formula is C14H22N2O. The lowest BCUT2D eigenvalue weighted by atomic mass is 9.98. The highest BCUT2D eigenvalue weighted by Gasteiger charge is 2.16. The fourth-order valence-electron chi connectivity index (χ4n) is 2.52. The van der Waals surface area contributed by atoms with Crippen molar-refractivity contribution in [3.8, 4) is 0 Å². The summed E-state index contributed by atoms with van der Waals surface area (Å²) in [6.45, 7) is 3.51. The van der Waals surface area contributed by atoms with Gasteiger partial charge in [-0.3, -0.25) is 0 Å². The summed E-state index contributed by atoms with van der Waals surface area (Å²) >= 11 is 0. The van der Waals surface area contributed by atoms with Gasteiger partial charge in [-0.2, -0.15) is 0 Å².